The Balaban J connectivity index is 1.89. The van der Waals surface area contributed by atoms with Crippen LogP contribution in [0.15, 0.2) is 84.9 Å². The molecule has 0 N–H and O–H groups in total. The summed E-state index contributed by atoms with van der Waals surface area (Å²) in [5.41, 5.74) is 0.303. The highest BCUT2D eigenvalue weighted by Crippen LogP contribution is 2.33. The summed E-state index contributed by atoms with van der Waals surface area (Å²) in [4.78, 5) is 34.7. The number of benzene rings is 4. The summed E-state index contributed by atoms with van der Waals surface area (Å²) in [6.45, 7) is 0. The van der Waals surface area contributed by atoms with Crippen molar-refractivity contribution in [3.8, 4) is 22.3 Å². The first-order valence-corrected chi connectivity index (χ1v) is 9.88. The Kier molecular flexibility index (Phi) is 5.92. The summed E-state index contributed by atoms with van der Waals surface area (Å²) in [6, 6.07) is 17.6. The van der Waals surface area contributed by atoms with Gasteiger partial charge in [-0.1, -0.05) is 24.3 Å². The first-order chi connectivity index (χ1) is 16.2. The molecule has 0 fully saturated rings. The average Bonchev–Trinajstić information content (AvgIpc) is 2.83. The lowest BCUT2D eigenvalue weighted by atomic mass is 9.89. The molecule has 0 bridgehead atoms. The van der Waals surface area contributed by atoms with Crippen LogP contribution in [-0.4, -0.2) is 15.6 Å². The van der Waals surface area contributed by atoms with Crippen LogP contribution in [0.5, 0.6) is 0 Å². The third kappa shape index (κ3) is 4.40. The fraction of sp³-hybridized carbons (Fsp3) is 0. The zero-order valence-corrected chi connectivity index (χ0v) is 17.3. The van der Waals surface area contributed by atoms with E-state index < -0.39 is 27.3 Å². The summed E-state index contributed by atoms with van der Waals surface area (Å²) >= 11 is 0. The highest BCUT2D eigenvalue weighted by Gasteiger charge is 2.21. The molecule has 0 saturated carbocycles. The Labute approximate surface area is 191 Å². The van der Waals surface area contributed by atoms with E-state index in [1.165, 1.54) is 60.7 Å². The summed E-state index contributed by atoms with van der Waals surface area (Å²) in [7, 11) is 0. The number of hydrogen-bond donors (Lipinski definition) is 0. The van der Waals surface area contributed by atoms with E-state index in [0.29, 0.717) is 0 Å². The van der Waals surface area contributed by atoms with Gasteiger partial charge < -0.3 is 0 Å². The number of nitro groups is 2. The minimum absolute atomic E-state index is 0.0280. The van der Waals surface area contributed by atoms with E-state index in [1.54, 1.807) is 0 Å². The van der Waals surface area contributed by atoms with Crippen molar-refractivity contribution in [1.82, 2.24) is 0 Å². The number of non-ortho nitro benzene ring substituents is 2. The maximum Gasteiger partial charge on any atom is 0.270 e. The predicted molar refractivity (Wildman–Crippen MR) is 120 cm³/mol. The maximum absolute atomic E-state index is 14.1. The first kappa shape index (κ1) is 22.4. The molecule has 0 saturated heterocycles. The molecule has 0 aliphatic heterocycles. The molecule has 0 heterocycles. The first-order valence-electron chi connectivity index (χ1n) is 9.88. The molecule has 7 nitrogen and oxygen atoms in total. The van der Waals surface area contributed by atoms with E-state index in [1.807, 2.05) is 0 Å². The Hall–Kier alpha value is -4.79. The second-order valence-electron chi connectivity index (χ2n) is 7.32. The molecule has 0 aliphatic carbocycles. The van der Waals surface area contributed by atoms with Crippen LogP contribution in [0.25, 0.3) is 22.3 Å². The predicted octanol–water partition coefficient (Wildman–Crippen LogP) is 6.35. The SMILES string of the molecule is O=C(c1ccc(F)cc1-c1cccc([N+](=O)[O-])c1)c1ccc(F)cc1-c1cccc([N+](=O)[O-])c1. The summed E-state index contributed by atoms with van der Waals surface area (Å²) < 4.78 is 28.2. The normalized spacial score (nSPS) is 10.6. The number of nitrogens with zero attached hydrogens (tertiary/aromatic N) is 2. The molecule has 0 spiro atoms. The lowest BCUT2D eigenvalue weighted by molar-refractivity contribution is -0.385. The molecule has 0 amide bonds. The lowest BCUT2D eigenvalue weighted by Crippen LogP contribution is -2.07. The molecule has 4 aromatic rings. The Morgan fingerprint density at radius 1 is 0.618 bits per heavy atom. The number of rotatable bonds is 6. The van der Waals surface area contributed by atoms with Crippen LogP contribution in [0.4, 0.5) is 20.2 Å². The van der Waals surface area contributed by atoms with Gasteiger partial charge in [-0.2, -0.15) is 0 Å². The number of hydrogen-bond acceptors (Lipinski definition) is 5. The van der Waals surface area contributed by atoms with Gasteiger partial charge in [-0.15, -0.1) is 0 Å². The van der Waals surface area contributed by atoms with E-state index in [4.69, 9.17) is 0 Å². The molecular weight excluding hydrogens is 446 g/mol. The van der Waals surface area contributed by atoms with E-state index in [-0.39, 0.29) is 44.8 Å². The van der Waals surface area contributed by atoms with Gasteiger partial charge in [-0.05, 0) is 58.7 Å². The fourth-order valence-electron chi connectivity index (χ4n) is 3.63. The van der Waals surface area contributed by atoms with Crippen LogP contribution in [-0.2, 0) is 0 Å². The standard InChI is InChI=1S/C25H14F2N2O5/c26-17-7-9-21(23(13-17)15-3-1-5-19(11-15)28(31)32)25(30)22-10-8-18(27)14-24(22)16-4-2-6-20(12-16)29(33)34/h1-14H. The van der Waals surface area contributed by atoms with Crippen LogP contribution < -0.4 is 0 Å². The van der Waals surface area contributed by atoms with Gasteiger partial charge in [0, 0.05) is 35.4 Å². The summed E-state index contributed by atoms with van der Waals surface area (Å²) in [5.74, 6) is -1.92. The topological polar surface area (TPSA) is 103 Å². The van der Waals surface area contributed by atoms with E-state index >= 15 is 0 Å². The number of halogens is 2. The molecule has 0 atom stereocenters. The van der Waals surface area contributed by atoms with Crippen LogP contribution >= 0.6 is 0 Å². The van der Waals surface area contributed by atoms with Crippen molar-refractivity contribution < 1.29 is 23.4 Å². The highest BCUT2D eigenvalue weighted by atomic mass is 19.1. The van der Waals surface area contributed by atoms with Crippen molar-refractivity contribution in [3.05, 3.63) is 128 Å². The summed E-state index contributed by atoms with van der Waals surface area (Å²) in [5, 5.41) is 22.4. The number of carbonyl (C=O) groups is 1. The Bertz CT molecular complexity index is 1360. The fourth-order valence-corrected chi connectivity index (χ4v) is 3.63. The third-order valence-corrected chi connectivity index (χ3v) is 5.19. The molecule has 0 aliphatic rings. The van der Waals surface area contributed by atoms with Gasteiger partial charge in [0.15, 0.2) is 5.78 Å². The van der Waals surface area contributed by atoms with Crippen LogP contribution in [0.2, 0.25) is 0 Å². The van der Waals surface area contributed by atoms with Crippen molar-refractivity contribution in [2.75, 3.05) is 0 Å². The Morgan fingerprint density at radius 2 is 1.03 bits per heavy atom. The van der Waals surface area contributed by atoms with Gasteiger partial charge in [0.2, 0.25) is 0 Å². The minimum atomic E-state index is -0.656. The van der Waals surface area contributed by atoms with Gasteiger partial charge in [-0.3, -0.25) is 25.0 Å². The van der Waals surface area contributed by atoms with Crippen LogP contribution in [0.1, 0.15) is 15.9 Å². The number of ketones is 1. The van der Waals surface area contributed by atoms with Crippen molar-refractivity contribution >= 4 is 17.2 Å². The molecule has 168 valence electrons. The average molecular weight is 460 g/mol. The molecule has 34 heavy (non-hydrogen) atoms. The van der Waals surface area contributed by atoms with Gasteiger partial charge in [0.05, 0.1) is 9.85 Å². The Morgan fingerprint density at radius 3 is 1.41 bits per heavy atom. The van der Waals surface area contributed by atoms with E-state index in [0.717, 1.165) is 24.3 Å². The van der Waals surface area contributed by atoms with Crippen LogP contribution in [0.3, 0.4) is 0 Å². The number of nitro benzene ring substituents is 2. The smallest absolute Gasteiger partial charge is 0.270 e. The highest BCUT2D eigenvalue weighted by molar-refractivity contribution is 6.16. The molecule has 4 rings (SSSR count). The minimum Gasteiger partial charge on any atom is -0.289 e. The van der Waals surface area contributed by atoms with Gasteiger partial charge in [0.1, 0.15) is 11.6 Å². The maximum atomic E-state index is 14.1. The summed E-state index contributed by atoms with van der Waals surface area (Å²) in [6.07, 6.45) is 0. The van der Waals surface area contributed by atoms with Crippen molar-refractivity contribution in [1.29, 1.82) is 0 Å². The molecule has 4 aromatic carbocycles. The van der Waals surface area contributed by atoms with Crippen molar-refractivity contribution in [2.24, 2.45) is 0 Å². The largest absolute Gasteiger partial charge is 0.289 e. The zero-order chi connectivity index (χ0) is 24.4. The van der Waals surface area contributed by atoms with Crippen molar-refractivity contribution in [2.45, 2.75) is 0 Å². The monoisotopic (exact) mass is 460 g/mol. The third-order valence-electron chi connectivity index (χ3n) is 5.19. The molecular formula is C25H14F2N2O5. The van der Waals surface area contributed by atoms with E-state index in [2.05, 4.69) is 0 Å². The second-order valence-corrected chi connectivity index (χ2v) is 7.32. The number of carbonyl (C=O) groups excluding carboxylic acids is 1. The van der Waals surface area contributed by atoms with Crippen LogP contribution in [0, 0.1) is 31.9 Å². The van der Waals surface area contributed by atoms with Crippen molar-refractivity contribution in [3.63, 3.8) is 0 Å². The lowest BCUT2D eigenvalue weighted by Gasteiger charge is -2.13. The second kappa shape index (κ2) is 8.99. The quantitative estimate of drug-likeness (QED) is 0.190. The molecule has 9 heteroatoms. The molecule has 0 aromatic heterocycles. The van der Waals surface area contributed by atoms with E-state index in [9.17, 15) is 33.8 Å². The molecule has 0 unspecified atom stereocenters. The molecule has 0 radical (unpaired) electrons. The van der Waals surface area contributed by atoms with Gasteiger partial charge >= 0.3 is 0 Å². The van der Waals surface area contributed by atoms with Gasteiger partial charge in [0.25, 0.3) is 11.4 Å². The zero-order valence-electron chi connectivity index (χ0n) is 17.3. The van der Waals surface area contributed by atoms with Gasteiger partial charge in [-0.25, -0.2) is 8.78 Å².